The van der Waals surface area contributed by atoms with Crippen LogP contribution in [0.3, 0.4) is 0 Å². The Bertz CT molecular complexity index is 2850. The Balaban J connectivity index is 1.34. The molecule has 0 bridgehead atoms. The highest BCUT2D eigenvalue weighted by Crippen LogP contribution is 2.43. The Hall–Kier alpha value is -6.18. The van der Waals surface area contributed by atoms with E-state index in [1.54, 1.807) is 0 Å². The maximum absolute atomic E-state index is 2.51. The zero-order valence-electron chi connectivity index (χ0n) is 25.7. The summed E-state index contributed by atoms with van der Waals surface area (Å²) in [6, 6.07) is 64.7. The maximum atomic E-state index is 2.51. The van der Waals surface area contributed by atoms with Crippen molar-refractivity contribution in [1.29, 1.82) is 0 Å². The third-order valence-corrected chi connectivity index (χ3v) is 9.92. The third-order valence-electron chi connectivity index (χ3n) is 9.92. The minimum Gasteiger partial charge on any atom is -0.309 e. The lowest BCUT2D eigenvalue weighted by molar-refractivity contribution is 1.20. The Morgan fingerprint density at radius 3 is 1.62 bits per heavy atom. The summed E-state index contributed by atoms with van der Waals surface area (Å²) in [6.07, 6.45) is 0. The molecular formula is C46H29N. The van der Waals surface area contributed by atoms with Gasteiger partial charge in [-0.15, -0.1) is 0 Å². The summed E-state index contributed by atoms with van der Waals surface area (Å²) in [5, 5.41) is 12.6. The molecule has 0 unspecified atom stereocenters. The van der Waals surface area contributed by atoms with Crippen molar-refractivity contribution in [2.24, 2.45) is 0 Å². The highest BCUT2D eigenvalue weighted by atomic mass is 15.0. The van der Waals surface area contributed by atoms with E-state index in [-0.39, 0.29) is 0 Å². The van der Waals surface area contributed by atoms with Gasteiger partial charge in [0.15, 0.2) is 0 Å². The lowest BCUT2D eigenvalue weighted by atomic mass is 9.93. The predicted molar refractivity (Wildman–Crippen MR) is 202 cm³/mol. The fraction of sp³-hybridized carbons (Fsp3) is 0. The lowest BCUT2D eigenvalue weighted by Gasteiger charge is -2.14. The standard InChI is InChI=1S/C46H29N/c1-3-13-33-26-35(22-20-30(33)10-1)36-24-25-41-44(28-36)47(43-19-9-15-32-12-5-6-16-38(32)43)45-29-42(39-17-7-8-18-40(39)46(41)45)37-23-21-31-11-2-4-14-34(31)27-37/h1-29H. The summed E-state index contributed by atoms with van der Waals surface area (Å²) < 4.78 is 2.51. The molecule has 0 aliphatic heterocycles. The van der Waals surface area contributed by atoms with E-state index in [1.165, 1.54) is 92.8 Å². The molecule has 0 saturated heterocycles. The van der Waals surface area contributed by atoms with Gasteiger partial charge in [0, 0.05) is 16.2 Å². The topological polar surface area (TPSA) is 4.93 Å². The molecule has 0 aliphatic rings. The van der Waals surface area contributed by atoms with E-state index in [0.29, 0.717) is 0 Å². The molecule has 10 rings (SSSR count). The molecule has 0 N–H and O–H groups in total. The van der Waals surface area contributed by atoms with Crippen molar-refractivity contribution < 1.29 is 0 Å². The number of rotatable bonds is 3. The molecule has 218 valence electrons. The minimum atomic E-state index is 1.19. The first kappa shape index (κ1) is 26.1. The molecule has 1 nitrogen and oxygen atoms in total. The van der Waals surface area contributed by atoms with Crippen molar-refractivity contribution in [1.82, 2.24) is 4.57 Å². The van der Waals surface area contributed by atoms with E-state index in [9.17, 15) is 0 Å². The maximum Gasteiger partial charge on any atom is 0.0553 e. The molecule has 0 saturated carbocycles. The molecular weight excluding hydrogens is 567 g/mol. The number of fused-ring (bicyclic) bond motifs is 8. The zero-order valence-corrected chi connectivity index (χ0v) is 25.7. The van der Waals surface area contributed by atoms with Gasteiger partial charge in [0.2, 0.25) is 0 Å². The summed E-state index contributed by atoms with van der Waals surface area (Å²) in [6.45, 7) is 0. The molecule has 1 aromatic heterocycles. The van der Waals surface area contributed by atoms with Crippen LogP contribution in [-0.2, 0) is 0 Å². The quantitative estimate of drug-likeness (QED) is 0.191. The van der Waals surface area contributed by atoms with Crippen LogP contribution in [0.4, 0.5) is 0 Å². The number of hydrogen-bond donors (Lipinski definition) is 0. The van der Waals surface area contributed by atoms with Crippen molar-refractivity contribution in [3.05, 3.63) is 176 Å². The number of hydrogen-bond acceptors (Lipinski definition) is 0. The van der Waals surface area contributed by atoms with Crippen molar-refractivity contribution in [3.8, 4) is 27.9 Å². The van der Waals surface area contributed by atoms with E-state index in [0.717, 1.165) is 0 Å². The van der Waals surface area contributed by atoms with Gasteiger partial charge in [-0.25, -0.2) is 0 Å². The van der Waals surface area contributed by atoms with Crippen LogP contribution in [0.2, 0.25) is 0 Å². The zero-order chi connectivity index (χ0) is 30.9. The normalized spacial score (nSPS) is 11.8. The van der Waals surface area contributed by atoms with Crippen LogP contribution in [0.1, 0.15) is 0 Å². The van der Waals surface area contributed by atoms with E-state index in [4.69, 9.17) is 0 Å². The van der Waals surface area contributed by atoms with Crippen molar-refractivity contribution in [2.45, 2.75) is 0 Å². The Morgan fingerprint density at radius 1 is 0.298 bits per heavy atom. The van der Waals surface area contributed by atoms with Gasteiger partial charge >= 0.3 is 0 Å². The van der Waals surface area contributed by atoms with E-state index in [2.05, 4.69) is 180 Å². The first-order valence-electron chi connectivity index (χ1n) is 16.3. The van der Waals surface area contributed by atoms with Crippen LogP contribution in [-0.4, -0.2) is 4.57 Å². The Morgan fingerprint density at radius 2 is 0.851 bits per heavy atom. The summed E-state index contributed by atoms with van der Waals surface area (Å²) in [5.41, 5.74) is 8.54. The second-order valence-electron chi connectivity index (χ2n) is 12.6. The molecule has 1 heterocycles. The van der Waals surface area contributed by atoms with Crippen LogP contribution in [0, 0.1) is 0 Å². The van der Waals surface area contributed by atoms with Crippen LogP contribution in [0.25, 0.3) is 92.8 Å². The molecule has 0 atom stereocenters. The van der Waals surface area contributed by atoms with E-state index >= 15 is 0 Å². The van der Waals surface area contributed by atoms with Gasteiger partial charge in [-0.3, -0.25) is 0 Å². The molecule has 0 amide bonds. The van der Waals surface area contributed by atoms with Crippen molar-refractivity contribution in [2.75, 3.05) is 0 Å². The number of benzene rings is 9. The van der Waals surface area contributed by atoms with Gasteiger partial charge in [-0.2, -0.15) is 0 Å². The van der Waals surface area contributed by atoms with E-state index < -0.39 is 0 Å². The average molecular weight is 596 g/mol. The average Bonchev–Trinajstić information content (AvgIpc) is 3.47. The summed E-state index contributed by atoms with van der Waals surface area (Å²) >= 11 is 0. The second kappa shape index (κ2) is 10.2. The smallest absolute Gasteiger partial charge is 0.0553 e. The van der Waals surface area contributed by atoms with Gasteiger partial charge in [0.05, 0.1) is 16.7 Å². The first-order valence-corrected chi connectivity index (χ1v) is 16.3. The molecule has 1 heteroatoms. The number of nitrogens with zero attached hydrogens (tertiary/aromatic N) is 1. The molecule has 47 heavy (non-hydrogen) atoms. The van der Waals surface area contributed by atoms with Crippen LogP contribution < -0.4 is 0 Å². The SMILES string of the molecule is c1ccc2cc(-c3ccc4c5c6ccccc6c(-c6ccc7ccccc7c6)cc5n(-c5cccc6ccccc56)c4c3)ccc2c1. The monoisotopic (exact) mass is 595 g/mol. The van der Waals surface area contributed by atoms with Gasteiger partial charge < -0.3 is 4.57 Å². The number of aromatic nitrogens is 1. The Kier molecular flexibility index (Phi) is 5.64. The fourth-order valence-electron chi connectivity index (χ4n) is 7.68. The minimum absolute atomic E-state index is 1.19. The van der Waals surface area contributed by atoms with E-state index in [1.807, 2.05) is 0 Å². The fourth-order valence-corrected chi connectivity index (χ4v) is 7.68. The summed E-state index contributed by atoms with van der Waals surface area (Å²) in [5.74, 6) is 0. The molecule has 0 spiro atoms. The van der Waals surface area contributed by atoms with Gasteiger partial charge in [-0.1, -0.05) is 146 Å². The molecule has 10 aromatic rings. The molecule has 0 radical (unpaired) electrons. The lowest BCUT2D eigenvalue weighted by Crippen LogP contribution is -1.96. The van der Waals surface area contributed by atoms with Gasteiger partial charge in [-0.05, 0) is 90.3 Å². The summed E-state index contributed by atoms with van der Waals surface area (Å²) in [7, 11) is 0. The highest BCUT2D eigenvalue weighted by molar-refractivity contribution is 6.25. The van der Waals surface area contributed by atoms with Gasteiger partial charge in [0.25, 0.3) is 0 Å². The highest BCUT2D eigenvalue weighted by Gasteiger charge is 2.20. The van der Waals surface area contributed by atoms with Crippen LogP contribution >= 0.6 is 0 Å². The molecule has 0 fully saturated rings. The Labute approximate surface area is 272 Å². The van der Waals surface area contributed by atoms with Crippen LogP contribution in [0.15, 0.2) is 176 Å². The molecule has 0 aliphatic carbocycles. The van der Waals surface area contributed by atoms with Crippen molar-refractivity contribution in [3.63, 3.8) is 0 Å². The summed E-state index contributed by atoms with van der Waals surface area (Å²) in [4.78, 5) is 0. The second-order valence-corrected chi connectivity index (χ2v) is 12.6. The molecule has 9 aromatic carbocycles. The van der Waals surface area contributed by atoms with Crippen molar-refractivity contribution >= 4 is 64.9 Å². The third kappa shape index (κ3) is 4.03. The predicted octanol–water partition coefficient (Wildman–Crippen LogP) is 12.7. The van der Waals surface area contributed by atoms with Gasteiger partial charge in [0.1, 0.15) is 0 Å². The first-order chi connectivity index (χ1) is 23.3. The largest absolute Gasteiger partial charge is 0.309 e. The van der Waals surface area contributed by atoms with Crippen LogP contribution in [0.5, 0.6) is 0 Å².